The van der Waals surface area contributed by atoms with Gasteiger partial charge in [-0.1, -0.05) is 37.3 Å². The summed E-state index contributed by atoms with van der Waals surface area (Å²) in [6, 6.07) is 14.4. The van der Waals surface area contributed by atoms with Crippen molar-refractivity contribution < 1.29 is 14.6 Å². The molecule has 0 aliphatic carbocycles. The van der Waals surface area contributed by atoms with Crippen molar-refractivity contribution in [1.82, 2.24) is 0 Å². The number of carboxylic acids is 1. The smallest absolute Gasteiger partial charge is 0.306 e. The van der Waals surface area contributed by atoms with Gasteiger partial charge in [0.25, 0.3) is 0 Å². The lowest BCUT2D eigenvalue weighted by Gasteiger charge is -2.13. The van der Waals surface area contributed by atoms with E-state index < -0.39 is 5.97 Å². The predicted octanol–water partition coefficient (Wildman–Crippen LogP) is 5.32. The lowest BCUT2D eigenvalue weighted by atomic mass is 9.97. The standard InChI is InChI=1S/C22H28O3/c1-4-19(22(23)24)12-6-10-18-11-7-13-20(14-18)25-15-21-16(2)8-5-9-17(21)3/h5,7-9,11,13-14,19H,4,6,10,12,15H2,1-3H3,(H,23,24). The fourth-order valence-corrected chi connectivity index (χ4v) is 3.08. The minimum Gasteiger partial charge on any atom is -0.489 e. The van der Waals surface area contributed by atoms with Crippen LogP contribution in [0.4, 0.5) is 0 Å². The van der Waals surface area contributed by atoms with Crippen LogP contribution in [0.15, 0.2) is 42.5 Å². The molecule has 0 bridgehead atoms. The van der Waals surface area contributed by atoms with Crippen LogP contribution in [0, 0.1) is 19.8 Å². The molecule has 1 N–H and O–H groups in total. The maximum absolute atomic E-state index is 11.1. The largest absolute Gasteiger partial charge is 0.489 e. The van der Waals surface area contributed by atoms with Crippen molar-refractivity contribution in [3.05, 3.63) is 64.7 Å². The van der Waals surface area contributed by atoms with Gasteiger partial charge < -0.3 is 9.84 Å². The molecule has 0 radical (unpaired) electrons. The maximum atomic E-state index is 11.1. The molecule has 0 spiro atoms. The zero-order valence-corrected chi connectivity index (χ0v) is 15.4. The highest BCUT2D eigenvalue weighted by atomic mass is 16.5. The zero-order valence-electron chi connectivity index (χ0n) is 15.4. The van der Waals surface area contributed by atoms with Gasteiger partial charge in [0, 0.05) is 0 Å². The average Bonchev–Trinajstić information content (AvgIpc) is 2.58. The van der Waals surface area contributed by atoms with Gasteiger partial charge in [0.05, 0.1) is 5.92 Å². The number of carbonyl (C=O) groups is 1. The molecule has 3 heteroatoms. The first kappa shape index (κ1) is 19.0. The lowest BCUT2D eigenvalue weighted by molar-refractivity contribution is -0.142. The van der Waals surface area contributed by atoms with Crippen LogP contribution in [0.1, 0.15) is 48.4 Å². The van der Waals surface area contributed by atoms with Gasteiger partial charge in [0.1, 0.15) is 12.4 Å². The van der Waals surface area contributed by atoms with Gasteiger partial charge in [-0.2, -0.15) is 0 Å². The normalized spacial score (nSPS) is 12.0. The molecule has 3 nitrogen and oxygen atoms in total. The molecule has 0 saturated carbocycles. The molecular formula is C22H28O3. The molecule has 2 aromatic rings. The topological polar surface area (TPSA) is 46.5 Å². The van der Waals surface area contributed by atoms with E-state index in [0.717, 1.165) is 25.0 Å². The van der Waals surface area contributed by atoms with Crippen molar-refractivity contribution in [3.63, 3.8) is 0 Å². The van der Waals surface area contributed by atoms with Crippen molar-refractivity contribution in [3.8, 4) is 5.75 Å². The van der Waals surface area contributed by atoms with E-state index >= 15 is 0 Å². The summed E-state index contributed by atoms with van der Waals surface area (Å²) in [6.45, 7) is 6.71. The summed E-state index contributed by atoms with van der Waals surface area (Å²) >= 11 is 0. The van der Waals surface area contributed by atoms with Crippen LogP contribution in [0.3, 0.4) is 0 Å². The number of benzene rings is 2. The first-order valence-corrected chi connectivity index (χ1v) is 9.01. The molecule has 0 amide bonds. The van der Waals surface area contributed by atoms with Crippen molar-refractivity contribution in [1.29, 1.82) is 0 Å². The highest BCUT2D eigenvalue weighted by Crippen LogP contribution is 2.20. The quantitative estimate of drug-likeness (QED) is 0.672. The molecule has 0 aromatic heterocycles. The van der Waals surface area contributed by atoms with Crippen LogP contribution in [-0.2, 0) is 17.8 Å². The number of carboxylic acid groups (broad SMARTS) is 1. The monoisotopic (exact) mass is 340 g/mol. The van der Waals surface area contributed by atoms with E-state index in [0.29, 0.717) is 13.0 Å². The third-order valence-corrected chi connectivity index (χ3v) is 4.79. The van der Waals surface area contributed by atoms with E-state index in [1.807, 2.05) is 19.1 Å². The second-order valence-electron chi connectivity index (χ2n) is 6.64. The molecule has 0 heterocycles. The van der Waals surface area contributed by atoms with Crippen LogP contribution in [0.5, 0.6) is 5.75 Å². The number of rotatable bonds is 9. The Morgan fingerprint density at radius 2 is 1.80 bits per heavy atom. The van der Waals surface area contributed by atoms with Gasteiger partial charge >= 0.3 is 5.97 Å². The van der Waals surface area contributed by atoms with Crippen LogP contribution in [0.2, 0.25) is 0 Å². The molecule has 0 saturated heterocycles. The van der Waals surface area contributed by atoms with E-state index in [9.17, 15) is 4.79 Å². The molecule has 1 atom stereocenters. The summed E-state index contributed by atoms with van der Waals surface area (Å²) in [4.78, 5) is 11.1. The summed E-state index contributed by atoms with van der Waals surface area (Å²) < 4.78 is 5.99. The molecule has 0 aliphatic heterocycles. The van der Waals surface area contributed by atoms with Crippen molar-refractivity contribution >= 4 is 5.97 Å². The van der Waals surface area contributed by atoms with Gasteiger partial charge in [0.15, 0.2) is 0 Å². The van der Waals surface area contributed by atoms with Crippen LogP contribution >= 0.6 is 0 Å². The summed E-state index contributed by atoms with van der Waals surface area (Å²) in [5.41, 5.74) is 4.92. The molecule has 2 rings (SSSR count). The highest BCUT2D eigenvalue weighted by molar-refractivity contribution is 5.69. The van der Waals surface area contributed by atoms with Crippen LogP contribution in [-0.4, -0.2) is 11.1 Å². The summed E-state index contributed by atoms with van der Waals surface area (Å²) in [7, 11) is 0. The molecule has 0 fully saturated rings. The summed E-state index contributed by atoms with van der Waals surface area (Å²) in [5.74, 6) is -0.0536. The van der Waals surface area contributed by atoms with Gasteiger partial charge in [-0.25, -0.2) is 0 Å². The number of hydrogen-bond acceptors (Lipinski definition) is 2. The van der Waals surface area contributed by atoms with Crippen molar-refractivity contribution in [2.45, 2.75) is 53.1 Å². The Morgan fingerprint density at radius 1 is 1.12 bits per heavy atom. The predicted molar refractivity (Wildman–Crippen MR) is 101 cm³/mol. The Hall–Kier alpha value is -2.29. The van der Waals surface area contributed by atoms with Gasteiger partial charge in [-0.3, -0.25) is 4.79 Å². The molecule has 2 aromatic carbocycles. The van der Waals surface area contributed by atoms with E-state index in [2.05, 4.69) is 44.2 Å². The Labute approximate surface area is 150 Å². The molecule has 25 heavy (non-hydrogen) atoms. The molecular weight excluding hydrogens is 312 g/mol. The van der Waals surface area contributed by atoms with Gasteiger partial charge in [-0.15, -0.1) is 0 Å². The molecule has 134 valence electrons. The Kier molecular flexibility index (Phi) is 7.05. The minimum atomic E-state index is -0.687. The van der Waals surface area contributed by atoms with Crippen LogP contribution in [0.25, 0.3) is 0 Å². The minimum absolute atomic E-state index is 0.233. The average molecular weight is 340 g/mol. The number of aliphatic carboxylic acids is 1. The number of ether oxygens (including phenoxy) is 1. The zero-order chi connectivity index (χ0) is 18.2. The van der Waals surface area contributed by atoms with Crippen LogP contribution < -0.4 is 4.74 Å². The fraction of sp³-hybridized carbons (Fsp3) is 0.409. The molecule has 1 unspecified atom stereocenters. The molecule has 0 aliphatic rings. The van der Waals surface area contributed by atoms with E-state index in [-0.39, 0.29) is 5.92 Å². The SMILES string of the molecule is CCC(CCCc1cccc(OCc2c(C)cccc2C)c1)C(=O)O. The highest BCUT2D eigenvalue weighted by Gasteiger charge is 2.14. The Bertz CT molecular complexity index is 686. The Morgan fingerprint density at radius 3 is 2.44 bits per heavy atom. The van der Waals surface area contributed by atoms with E-state index in [1.165, 1.54) is 22.3 Å². The van der Waals surface area contributed by atoms with Gasteiger partial charge in [0.2, 0.25) is 0 Å². The number of aryl methyl sites for hydroxylation is 3. The summed E-state index contributed by atoms with van der Waals surface area (Å²) in [5, 5.41) is 9.12. The third kappa shape index (κ3) is 5.63. The first-order chi connectivity index (χ1) is 12.0. The second kappa shape index (κ2) is 9.26. The first-order valence-electron chi connectivity index (χ1n) is 9.01. The van der Waals surface area contributed by atoms with Crippen molar-refractivity contribution in [2.75, 3.05) is 0 Å². The second-order valence-corrected chi connectivity index (χ2v) is 6.64. The van der Waals surface area contributed by atoms with E-state index in [4.69, 9.17) is 9.84 Å². The third-order valence-electron chi connectivity index (χ3n) is 4.79. The van der Waals surface area contributed by atoms with E-state index in [1.54, 1.807) is 0 Å². The summed E-state index contributed by atoms with van der Waals surface area (Å²) in [6.07, 6.45) is 3.17. The van der Waals surface area contributed by atoms with Crippen molar-refractivity contribution in [2.24, 2.45) is 5.92 Å². The fourth-order valence-electron chi connectivity index (χ4n) is 3.08. The lowest BCUT2D eigenvalue weighted by Crippen LogP contribution is -2.12. The number of hydrogen-bond donors (Lipinski definition) is 1. The van der Waals surface area contributed by atoms with Gasteiger partial charge in [-0.05, 0) is 73.9 Å². The maximum Gasteiger partial charge on any atom is 0.306 e. The Balaban J connectivity index is 1.91.